The Labute approximate surface area is 95.9 Å². The van der Waals surface area contributed by atoms with Gasteiger partial charge in [0.05, 0.1) is 24.0 Å². The Hall–Kier alpha value is -1.27. The second-order valence-electron chi connectivity index (χ2n) is 2.85. The smallest absolute Gasteiger partial charge is 0.186 e. The molecule has 15 heavy (non-hydrogen) atoms. The van der Waals surface area contributed by atoms with E-state index in [0.717, 1.165) is 23.2 Å². The summed E-state index contributed by atoms with van der Waals surface area (Å²) < 4.78 is 7.84. The van der Waals surface area contributed by atoms with Crippen molar-refractivity contribution in [2.75, 3.05) is 5.32 Å². The van der Waals surface area contributed by atoms with E-state index in [2.05, 4.69) is 24.0 Å². The lowest BCUT2D eigenvalue weighted by atomic mass is 10.4. The van der Waals surface area contributed by atoms with Crippen molar-refractivity contribution in [1.29, 1.82) is 0 Å². The molecule has 0 fully saturated rings. The first-order valence-electron chi connectivity index (χ1n) is 4.26. The van der Waals surface area contributed by atoms with E-state index in [-0.39, 0.29) is 0 Å². The minimum atomic E-state index is 0.394. The van der Waals surface area contributed by atoms with Crippen LogP contribution < -0.4 is 5.32 Å². The number of halogens is 1. The van der Waals surface area contributed by atoms with Crippen LogP contribution in [0.15, 0.2) is 12.3 Å². The fourth-order valence-corrected chi connectivity index (χ4v) is 1.74. The number of rotatable bonds is 3. The van der Waals surface area contributed by atoms with Crippen LogP contribution in [0, 0.1) is 6.92 Å². The third-order valence-corrected chi connectivity index (χ3v) is 2.61. The van der Waals surface area contributed by atoms with Crippen molar-refractivity contribution in [2.45, 2.75) is 13.5 Å². The minimum absolute atomic E-state index is 0.394. The Kier molecular flexibility index (Phi) is 3.08. The summed E-state index contributed by atoms with van der Waals surface area (Å²) >= 11 is 6.86. The molecule has 5 nitrogen and oxygen atoms in total. The Balaban J connectivity index is 2.02. The van der Waals surface area contributed by atoms with Gasteiger partial charge >= 0.3 is 0 Å². The average Bonchev–Trinajstić information content (AvgIpc) is 2.61. The van der Waals surface area contributed by atoms with E-state index in [0.29, 0.717) is 17.5 Å². The molecule has 0 radical (unpaired) electrons. The summed E-state index contributed by atoms with van der Waals surface area (Å²) in [5, 5.41) is 3.45. The second kappa shape index (κ2) is 4.50. The number of aryl methyl sites for hydroxylation is 1. The van der Waals surface area contributed by atoms with Gasteiger partial charge < -0.3 is 5.32 Å². The minimum Gasteiger partial charge on any atom is -0.361 e. The molecule has 0 aliphatic heterocycles. The van der Waals surface area contributed by atoms with Crippen LogP contribution in [0.3, 0.4) is 0 Å². The van der Waals surface area contributed by atoms with Gasteiger partial charge in [0.15, 0.2) is 11.0 Å². The monoisotopic (exact) mass is 241 g/mol. The molecule has 0 amide bonds. The number of aromatic nitrogens is 4. The maximum absolute atomic E-state index is 5.78. The molecular weight excluding hydrogens is 234 g/mol. The van der Waals surface area contributed by atoms with Gasteiger partial charge in [-0.05, 0) is 13.0 Å². The summed E-state index contributed by atoms with van der Waals surface area (Å²) in [5.74, 6) is 1.34. The third-order valence-electron chi connectivity index (χ3n) is 1.72. The van der Waals surface area contributed by atoms with Crippen molar-refractivity contribution >= 4 is 29.1 Å². The third kappa shape index (κ3) is 2.60. The van der Waals surface area contributed by atoms with Crippen LogP contribution in [0.1, 0.15) is 11.5 Å². The molecule has 2 rings (SSSR count). The SMILES string of the molecule is Cc1nccc(CNc2nsnc2Cl)n1. The topological polar surface area (TPSA) is 63.6 Å². The van der Waals surface area contributed by atoms with E-state index in [1.807, 2.05) is 13.0 Å². The molecule has 2 heterocycles. The summed E-state index contributed by atoms with van der Waals surface area (Å²) in [4.78, 5) is 8.25. The lowest BCUT2D eigenvalue weighted by Crippen LogP contribution is -2.03. The van der Waals surface area contributed by atoms with Crippen LogP contribution in [0.4, 0.5) is 5.82 Å². The fourth-order valence-electron chi connectivity index (χ4n) is 1.06. The largest absolute Gasteiger partial charge is 0.361 e. The van der Waals surface area contributed by atoms with E-state index < -0.39 is 0 Å². The van der Waals surface area contributed by atoms with Crippen molar-refractivity contribution in [1.82, 2.24) is 18.7 Å². The summed E-state index contributed by atoms with van der Waals surface area (Å²) in [6.45, 7) is 2.41. The molecule has 0 saturated carbocycles. The zero-order valence-corrected chi connectivity index (χ0v) is 9.51. The molecule has 78 valence electrons. The molecule has 0 atom stereocenters. The molecule has 2 aromatic rings. The maximum atomic E-state index is 5.78. The molecule has 7 heteroatoms. The van der Waals surface area contributed by atoms with Gasteiger partial charge in [-0.15, -0.1) is 0 Å². The van der Waals surface area contributed by atoms with Gasteiger partial charge in [0.1, 0.15) is 5.82 Å². The standard InChI is InChI=1S/C8H8ClN5S/c1-5-10-3-2-6(12-5)4-11-8-7(9)13-15-14-8/h2-3H,4H2,1H3,(H,11,14). The average molecular weight is 242 g/mol. The molecular formula is C8H8ClN5S. The predicted octanol–water partition coefficient (Wildman–Crippen LogP) is 1.90. The Morgan fingerprint density at radius 3 is 3.00 bits per heavy atom. The Morgan fingerprint density at radius 2 is 2.33 bits per heavy atom. The molecule has 0 aromatic carbocycles. The van der Waals surface area contributed by atoms with E-state index in [1.54, 1.807) is 6.20 Å². The number of hydrogen-bond acceptors (Lipinski definition) is 6. The van der Waals surface area contributed by atoms with Gasteiger partial charge in [-0.25, -0.2) is 9.97 Å². The lowest BCUT2D eigenvalue weighted by molar-refractivity contribution is 0.952. The molecule has 0 bridgehead atoms. The van der Waals surface area contributed by atoms with Gasteiger partial charge in [0.2, 0.25) is 0 Å². The van der Waals surface area contributed by atoms with Gasteiger partial charge in [-0.3, -0.25) is 0 Å². The van der Waals surface area contributed by atoms with Crippen LogP contribution in [0.5, 0.6) is 0 Å². The highest BCUT2D eigenvalue weighted by molar-refractivity contribution is 6.99. The van der Waals surface area contributed by atoms with Crippen LogP contribution in [0.2, 0.25) is 5.15 Å². The molecule has 0 spiro atoms. The highest BCUT2D eigenvalue weighted by atomic mass is 35.5. The van der Waals surface area contributed by atoms with Crippen molar-refractivity contribution in [3.8, 4) is 0 Å². The van der Waals surface area contributed by atoms with E-state index in [1.165, 1.54) is 0 Å². The summed E-state index contributed by atoms with van der Waals surface area (Å²) in [7, 11) is 0. The summed E-state index contributed by atoms with van der Waals surface area (Å²) in [6, 6.07) is 1.84. The van der Waals surface area contributed by atoms with Crippen LogP contribution in [0.25, 0.3) is 0 Å². The number of hydrogen-bond donors (Lipinski definition) is 1. The molecule has 0 saturated heterocycles. The van der Waals surface area contributed by atoms with Gasteiger partial charge in [0, 0.05) is 6.20 Å². The van der Waals surface area contributed by atoms with Gasteiger partial charge in [0.25, 0.3) is 0 Å². The van der Waals surface area contributed by atoms with E-state index in [9.17, 15) is 0 Å². The number of nitrogens with one attached hydrogen (secondary N) is 1. The second-order valence-corrected chi connectivity index (χ2v) is 3.74. The van der Waals surface area contributed by atoms with Crippen molar-refractivity contribution < 1.29 is 0 Å². The Bertz CT molecular complexity index is 458. The van der Waals surface area contributed by atoms with Crippen molar-refractivity contribution in [2.24, 2.45) is 0 Å². The maximum Gasteiger partial charge on any atom is 0.186 e. The van der Waals surface area contributed by atoms with Crippen LogP contribution in [-0.2, 0) is 6.54 Å². The molecule has 1 N–H and O–H groups in total. The van der Waals surface area contributed by atoms with Crippen molar-refractivity contribution in [3.05, 3.63) is 28.9 Å². The first-order valence-corrected chi connectivity index (χ1v) is 5.37. The number of anilines is 1. The van der Waals surface area contributed by atoms with E-state index >= 15 is 0 Å². The van der Waals surface area contributed by atoms with Gasteiger partial charge in [-0.2, -0.15) is 8.75 Å². The zero-order valence-electron chi connectivity index (χ0n) is 7.94. The van der Waals surface area contributed by atoms with Crippen molar-refractivity contribution in [3.63, 3.8) is 0 Å². The number of nitrogens with zero attached hydrogens (tertiary/aromatic N) is 4. The van der Waals surface area contributed by atoms with Crippen LogP contribution >= 0.6 is 23.3 Å². The highest BCUT2D eigenvalue weighted by Crippen LogP contribution is 2.18. The molecule has 0 aliphatic carbocycles. The quantitative estimate of drug-likeness (QED) is 0.889. The first-order chi connectivity index (χ1) is 7.25. The van der Waals surface area contributed by atoms with Crippen LogP contribution in [-0.4, -0.2) is 18.7 Å². The van der Waals surface area contributed by atoms with E-state index in [4.69, 9.17) is 11.6 Å². The summed E-state index contributed by atoms with van der Waals surface area (Å²) in [5.41, 5.74) is 0.895. The lowest BCUT2D eigenvalue weighted by Gasteiger charge is -2.02. The first kappa shape index (κ1) is 10.3. The molecule has 0 unspecified atom stereocenters. The fraction of sp³-hybridized carbons (Fsp3) is 0.250. The summed E-state index contributed by atoms with van der Waals surface area (Å²) in [6.07, 6.45) is 1.72. The predicted molar refractivity (Wildman–Crippen MR) is 59.0 cm³/mol. The Morgan fingerprint density at radius 1 is 1.47 bits per heavy atom. The highest BCUT2D eigenvalue weighted by Gasteiger charge is 2.04. The molecule has 0 aliphatic rings. The molecule has 2 aromatic heterocycles. The normalized spacial score (nSPS) is 10.3. The van der Waals surface area contributed by atoms with Gasteiger partial charge in [-0.1, -0.05) is 11.6 Å². The zero-order chi connectivity index (χ0) is 10.7.